The number of likely N-dealkylation sites (N-methyl/N-ethyl adjacent to an activating group) is 1. The van der Waals surface area contributed by atoms with Crippen molar-refractivity contribution in [3.63, 3.8) is 0 Å². The minimum atomic E-state index is 0.229. The Labute approximate surface area is 74.1 Å². The van der Waals surface area contributed by atoms with E-state index in [0.29, 0.717) is 6.04 Å². The van der Waals surface area contributed by atoms with Crippen LogP contribution in [-0.4, -0.2) is 61.0 Å². The van der Waals surface area contributed by atoms with Crippen LogP contribution in [0.5, 0.6) is 0 Å². The van der Waals surface area contributed by atoms with Crippen LogP contribution >= 0.6 is 0 Å². The molecule has 0 radical (unpaired) electrons. The molecule has 1 saturated heterocycles. The van der Waals surface area contributed by atoms with E-state index in [1.807, 2.05) is 7.05 Å². The van der Waals surface area contributed by atoms with E-state index in [1.165, 1.54) is 0 Å². The van der Waals surface area contributed by atoms with Crippen molar-refractivity contribution in [2.75, 3.05) is 39.8 Å². The molecule has 0 aromatic heterocycles. The average molecular weight is 173 g/mol. The van der Waals surface area contributed by atoms with E-state index < -0.39 is 0 Å². The van der Waals surface area contributed by atoms with Gasteiger partial charge in [-0.05, 0) is 6.92 Å². The van der Waals surface area contributed by atoms with Gasteiger partial charge in [-0.25, -0.2) is 10.0 Å². The summed E-state index contributed by atoms with van der Waals surface area (Å²) < 4.78 is 0. The SMILES string of the molecule is CC1CNCCN1N(C)CCO. The summed E-state index contributed by atoms with van der Waals surface area (Å²) in [6.07, 6.45) is 0. The summed E-state index contributed by atoms with van der Waals surface area (Å²) in [5.74, 6) is 0. The van der Waals surface area contributed by atoms with Gasteiger partial charge < -0.3 is 10.4 Å². The molecular weight excluding hydrogens is 154 g/mol. The van der Waals surface area contributed by atoms with Gasteiger partial charge in [0.2, 0.25) is 0 Å². The van der Waals surface area contributed by atoms with Crippen LogP contribution in [0.25, 0.3) is 0 Å². The number of hydrogen-bond acceptors (Lipinski definition) is 4. The predicted octanol–water partition coefficient (Wildman–Crippen LogP) is -0.881. The molecule has 1 unspecified atom stereocenters. The molecule has 4 heteroatoms. The third-order valence-electron chi connectivity index (χ3n) is 2.33. The topological polar surface area (TPSA) is 38.7 Å². The van der Waals surface area contributed by atoms with Gasteiger partial charge in [-0.15, -0.1) is 0 Å². The van der Waals surface area contributed by atoms with Gasteiger partial charge in [-0.2, -0.15) is 0 Å². The lowest BCUT2D eigenvalue weighted by atomic mass is 10.2. The molecule has 2 N–H and O–H groups in total. The number of hydrazine groups is 1. The Kier molecular flexibility index (Phi) is 3.94. The molecule has 1 rings (SSSR count). The summed E-state index contributed by atoms with van der Waals surface area (Å²) in [6.45, 7) is 6.27. The smallest absolute Gasteiger partial charge is 0.0572 e. The second-order valence-corrected chi connectivity index (χ2v) is 3.32. The third kappa shape index (κ3) is 2.42. The first kappa shape index (κ1) is 9.92. The van der Waals surface area contributed by atoms with Crippen molar-refractivity contribution in [2.24, 2.45) is 0 Å². The normalized spacial score (nSPS) is 26.5. The Balaban J connectivity index is 2.36. The van der Waals surface area contributed by atoms with E-state index >= 15 is 0 Å². The Morgan fingerprint density at radius 3 is 3.00 bits per heavy atom. The number of piperazine rings is 1. The number of nitrogens with zero attached hydrogens (tertiary/aromatic N) is 2. The number of aliphatic hydroxyl groups excluding tert-OH is 1. The summed E-state index contributed by atoms with van der Waals surface area (Å²) in [6, 6.07) is 0.537. The molecule has 1 fully saturated rings. The van der Waals surface area contributed by atoms with Crippen LogP contribution in [0, 0.1) is 0 Å². The highest BCUT2D eigenvalue weighted by Gasteiger charge is 2.20. The molecule has 0 aromatic rings. The Hall–Kier alpha value is -0.160. The molecule has 1 aliphatic rings. The maximum atomic E-state index is 8.77. The van der Waals surface area contributed by atoms with E-state index in [2.05, 4.69) is 22.3 Å². The van der Waals surface area contributed by atoms with Gasteiger partial charge in [0.05, 0.1) is 6.61 Å². The van der Waals surface area contributed by atoms with Crippen molar-refractivity contribution in [3.05, 3.63) is 0 Å². The lowest BCUT2D eigenvalue weighted by Gasteiger charge is -2.39. The molecule has 0 aromatic carbocycles. The fraction of sp³-hybridized carbons (Fsp3) is 1.00. The zero-order chi connectivity index (χ0) is 8.97. The minimum absolute atomic E-state index is 0.229. The highest BCUT2D eigenvalue weighted by molar-refractivity contribution is 4.73. The molecule has 1 aliphatic heterocycles. The molecule has 1 heterocycles. The van der Waals surface area contributed by atoms with Crippen molar-refractivity contribution < 1.29 is 5.11 Å². The second-order valence-electron chi connectivity index (χ2n) is 3.32. The Bertz CT molecular complexity index is 131. The predicted molar refractivity (Wildman–Crippen MR) is 48.8 cm³/mol. The van der Waals surface area contributed by atoms with Gasteiger partial charge in [0.15, 0.2) is 0 Å². The summed E-state index contributed by atoms with van der Waals surface area (Å²) in [4.78, 5) is 0. The summed E-state index contributed by atoms with van der Waals surface area (Å²) >= 11 is 0. The van der Waals surface area contributed by atoms with Gasteiger partial charge in [0, 0.05) is 39.3 Å². The molecule has 1 atom stereocenters. The molecule has 0 spiro atoms. The third-order valence-corrected chi connectivity index (χ3v) is 2.33. The van der Waals surface area contributed by atoms with Crippen molar-refractivity contribution in [1.29, 1.82) is 0 Å². The van der Waals surface area contributed by atoms with Crippen molar-refractivity contribution in [1.82, 2.24) is 15.3 Å². The number of hydrogen-bond donors (Lipinski definition) is 2. The summed E-state index contributed by atoms with van der Waals surface area (Å²) in [5.41, 5.74) is 0. The summed E-state index contributed by atoms with van der Waals surface area (Å²) in [5, 5.41) is 16.5. The van der Waals surface area contributed by atoms with Gasteiger partial charge in [0.25, 0.3) is 0 Å². The van der Waals surface area contributed by atoms with Gasteiger partial charge >= 0.3 is 0 Å². The van der Waals surface area contributed by atoms with Crippen LogP contribution in [0.3, 0.4) is 0 Å². The first-order chi connectivity index (χ1) is 5.75. The highest BCUT2D eigenvalue weighted by atomic mass is 16.3. The van der Waals surface area contributed by atoms with E-state index in [0.717, 1.165) is 26.2 Å². The van der Waals surface area contributed by atoms with Crippen LogP contribution in [0.15, 0.2) is 0 Å². The zero-order valence-corrected chi connectivity index (χ0v) is 7.95. The fourth-order valence-corrected chi connectivity index (χ4v) is 1.61. The molecule has 72 valence electrons. The standard InChI is InChI=1S/C8H19N3O/c1-8-7-9-3-4-11(8)10(2)5-6-12/h8-9,12H,3-7H2,1-2H3. The zero-order valence-electron chi connectivity index (χ0n) is 7.95. The highest BCUT2D eigenvalue weighted by Crippen LogP contribution is 2.04. The van der Waals surface area contributed by atoms with Crippen LogP contribution in [0.2, 0.25) is 0 Å². The molecule has 4 nitrogen and oxygen atoms in total. The van der Waals surface area contributed by atoms with E-state index in [4.69, 9.17) is 5.11 Å². The lowest BCUT2D eigenvalue weighted by molar-refractivity contribution is -0.0534. The Morgan fingerprint density at radius 1 is 1.67 bits per heavy atom. The number of aliphatic hydroxyl groups is 1. The first-order valence-electron chi connectivity index (χ1n) is 4.55. The Morgan fingerprint density at radius 2 is 2.42 bits per heavy atom. The van der Waals surface area contributed by atoms with Crippen LogP contribution < -0.4 is 5.32 Å². The first-order valence-corrected chi connectivity index (χ1v) is 4.55. The largest absolute Gasteiger partial charge is 0.395 e. The van der Waals surface area contributed by atoms with Crippen LogP contribution in [-0.2, 0) is 0 Å². The maximum Gasteiger partial charge on any atom is 0.0572 e. The molecular formula is C8H19N3O. The van der Waals surface area contributed by atoms with Gasteiger partial charge in [-0.3, -0.25) is 0 Å². The van der Waals surface area contributed by atoms with E-state index in [-0.39, 0.29) is 6.61 Å². The van der Waals surface area contributed by atoms with Gasteiger partial charge in [0.1, 0.15) is 0 Å². The minimum Gasteiger partial charge on any atom is -0.395 e. The van der Waals surface area contributed by atoms with Crippen molar-refractivity contribution in [3.8, 4) is 0 Å². The monoisotopic (exact) mass is 173 g/mol. The van der Waals surface area contributed by atoms with Crippen LogP contribution in [0.4, 0.5) is 0 Å². The molecule has 0 saturated carbocycles. The van der Waals surface area contributed by atoms with E-state index in [1.54, 1.807) is 0 Å². The average Bonchev–Trinajstić information content (AvgIpc) is 2.05. The molecule has 0 amide bonds. The van der Waals surface area contributed by atoms with E-state index in [9.17, 15) is 0 Å². The molecule has 12 heavy (non-hydrogen) atoms. The number of nitrogens with one attached hydrogen (secondary N) is 1. The maximum absolute atomic E-state index is 8.77. The van der Waals surface area contributed by atoms with Crippen LogP contribution in [0.1, 0.15) is 6.92 Å². The van der Waals surface area contributed by atoms with Gasteiger partial charge in [-0.1, -0.05) is 0 Å². The van der Waals surface area contributed by atoms with Crippen molar-refractivity contribution >= 4 is 0 Å². The molecule has 0 bridgehead atoms. The molecule has 0 aliphatic carbocycles. The van der Waals surface area contributed by atoms with Crippen molar-refractivity contribution in [2.45, 2.75) is 13.0 Å². The lowest BCUT2D eigenvalue weighted by Crippen LogP contribution is -2.56. The second kappa shape index (κ2) is 4.77. The fourth-order valence-electron chi connectivity index (χ4n) is 1.61. The number of rotatable bonds is 3. The summed E-state index contributed by atoms with van der Waals surface area (Å²) in [7, 11) is 2.03. The quantitative estimate of drug-likeness (QED) is 0.581.